The Morgan fingerprint density at radius 1 is 0.775 bits per heavy atom. The first-order valence-corrected chi connectivity index (χ1v) is 15.1. The first-order valence-electron chi connectivity index (χ1n) is 14.3. The van der Waals surface area contributed by atoms with E-state index in [-0.39, 0.29) is 62.7 Å². The van der Waals surface area contributed by atoms with Gasteiger partial charge in [-0.3, -0.25) is 6.08 Å². The number of halogens is 2. The number of hydrogen-bond donors (Lipinski definition) is 0. The molecule has 0 N–H and O–H groups in total. The molecule has 2 saturated carbocycles. The summed E-state index contributed by atoms with van der Waals surface area (Å²) in [5.74, 6) is 0.460. The van der Waals surface area contributed by atoms with E-state index in [0.29, 0.717) is 5.92 Å². The molecule has 6 aliphatic carbocycles. The van der Waals surface area contributed by atoms with Crippen molar-refractivity contribution in [1.29, 1.82) is 0 Å². The summed E-state index contributed by atoms with van der Waals surface area (Å²) in [4.78, 5) is 0. The predicted molar refractivity (Wildman–Crippen MR) is 162 cm³/mol. The maximum Gasteiger partial charge on any atom is -0.109 e. The van der Waals surface area contributed by atoms with Crippen molar-refractivity contribution >= 4 is 3.81 Å². The van der Waals surface area contributed by atoms with Crippen LogP contribution in [0.1, 0.15) is 75.7 Å². The van der Waals surface area contributed by atoms with E-state index in [9.17, 15) is 0 Å². The fraction of sp³-hybridized carbons (Fsp3) is 0.514. The second-order valence-corrected chi connectivity index (χ2v) is 15.3. The molecular weight excluding hydrogens is 563 g/mol. The van der Waals surface area contributed by atoms with Crippen LogP contribution in [-0.4, -0.2) is 3.81 Å². The zero-order valence-electron chi connectivity index (χ0n) is 26.2. The van der Waals surface area contributed by atoms with Crippen LogP contribution in [0.2, 0.25) is 0 Å². The van der Waals surface area contributed by atoms with Gasteiger partial charge in [-0.25, -0.2) is 12.2 Å². The van der Waals surface area contributed by atoms with Crippen molar-refractivity contribution in [1.82, 2.24) is 0 Å². The van der Waals surface area contributed by atoms with E-state index >= 15 is 0 Å². The summed E-state index contributed by atoms with van der Waals surface area (Å²) in [5, 5.41) is 0. The standard InChI is InChI=1S/C29H37.C5H5.C3H6.2ClH.Ti/c1-21-14-13-15-22-20-27(6)25(4)18-10-9-16-23(25,2)24(3)17-11-12-19-26(24,5)29(27,8)28(21,22)7;1-2-4-5-3-1;1-3-2;;;/h9-20,22H,1-8H3;1-3H,4H2;1-2H3;2*1H;/q2*-1;;;;+2/p-2. The Balaban J connectivity index is 0.000000441. The van der Waals surface area contributed by atoms with Crippen LogP contribution in [0, 0.1) is 56.3 Å². The van der Waals surface area contributed by atoms with Gasteiger partial charge in [-0.1, -0.05) is 115 Å². The third kappa shape index (κ3) is 4.13. The molecule has 8 atom stereocenters. The van der Waals surface area contributed by atoms with Crippen LogP contribution in [0.4, 0.5) is 0 Å². The fourth-order valence-electron chi connectivity index (χ4n) is 9.58. The SMILES string of the molecule is CC1=CC=CC2[CH-]C3(C)C4(C)C=CC=CC4(C)C4(C)C=CC=CC4(C)C3(C)C12C.C[C](C)=[Ti+2].[C-]1=CC=CC1.[Cl-].[Cl-]. The van der Waals surface area contributed by atoms with Gasteiger partial charge in [0.1, 0.15) is 0 Å². The third-order valence-corrected chi connectivity index (χ3v) is 12.6. The van der Waals surface area contributed by atoms with Crippen LogP contribution >= 0.6 is 0 Å². The van der Waals surface area contributed by atoms with Gasteiger partial charge in [0.05, 0.1) is 0 Å². The molecule has 40 heavy (non-hydrogen) atoms. The number of fused-ring (bicyclic) bond motifs is 8. The Morgan fingerprint density at radius 3 is 1.70 bits per heavy atom. The van der Waals surface area contributed by atoms with Gasteiger partial charge in [0.2, 0.25) is 0 Å². The summed E-state index contributed by atoms with van der Waals surface area (Å²) in [5.41, 5.74) is 1.73. The minimum atomic E-state index is 0. The van der Waals surface area contributed by atoms with Crippen molar-refractivity contribution in [3.05, 3.63) is 103 Å². The van der Waals surface area contributed by atoms with E-state index in [1.54, 1.807) is 0 Å². The molecule has 0 spiro atoms. The molecule has 0 aliphatic heterocycles. The van der Waals surface area contributed by atoms with Crippen molar-refractivity contribution in [2.45, 2.75) is 75.7 Å². The number of hydrogen-bond acceptors (Lipinski definition) is 0. The van der Waals surface area contributed by atoms with E-state index in [1.807, 2.05) is 12.2 Å². The van der Waals surface area contributed by atoms with Gasteiger partial charge >= 0.3 is 37.6 Å². The Labute approximate surface area is 269 Å². The van der Waals surface area contributed by atoms with E-state index < -0.39 is 0 Å². The van der Waals surface area contributed by atoms with E-state index in [4.69, 9.17) is 0 Å². The Morgan fingerprint density at radius 2 is 1.25 bits per heavy atom. The van der Waals surface area contributed by atoms with E-state index in [2.05, 4.69) is 175 Å². The molecule has 0 nitrogen and oxygen atoms in total. The van der Waals surface area contributed by atoms with Gasteiger partial charge in [-0.2, -0.15) is 6.08 Å². The topological polar surface area (TPSA) is 0 Å². The van der Waals surface area contributed by atoms with Gasteiger partial charge in [0, 0.05) is 10.8 Å². The minimum absolute atomic E-state index is 0. The largest absolute Gasteiger partial charge is 1.00 e. The average Bonchev–Trinajstić information content (AvgIpc) is 3.49. The second kappa shape index (κ2) is 11.6. The van der Waals surface area contributed by atoms with Crippen molar-refractivity contribution in [3.63, 3.8) is 0 Å². The molecule has 0 radical (unpaired) electrons. The van der Waals surface area contributed by atoms with Crippen LogP contribution in [0.3, 0.4) is 0 Å². The second-order valence-electron chi connectivity index (χ2n) is 13.7. The third-order valence-electron chi connectivity index (χ3n) is 12.6. The molecular formula is C37H48Cl2Ti-2. The molecule has 0 aromatic heterocycles. The summed E-state index contributed by atoms with van der Waals surface area (Å²) < 4.78 is 1.42. The van der Waals surface area contributed by atoms with Crippen molar-refractivity contribution in [2.24, 2.45) is 43.8 Å². The van der Waals surface area contributed by atoms with Crippen molar-refractivity contribution in [3.8, 4) is 0 Å². The van der Waals surface area contributed by atoms with Crippen LogP contribution in [-0.2, 0) is 20.0 Å². The molecule has 8 unspecified atom stereocenters. The molecule has 0 bridgehead atoms. The normalized spacial score (nSPS) is 45.7. The molecule has 0 heterocycles. The first kappa shape index (κ1) is 35.3. The number of rotatable bonds is 0. The van der Waals surface area contributed by atoms with Crippen LogP contribution in [0.5, 0.6) is 0 Å². The summed E-state index contributed by atoms with van der Waals surface area (Å²) in [7, 11) is 0. The quantitative estimate of drug-likeness (QED) is 0.290. The molecule has 6 rings (SSSR count). The van der Waals surface area contributed by atoms with Gasteiger partial charge in [-0.05, 0) is 28.6 Å². The van der Waals surface area contributed by atoms with Crippen molar-refractivity contribution in [2.75, 3.05) is 0 Å². The smallest absolute Gasteiger partial charge is 0.109 e. The Hall–Kier alpha value is -0.916. The molecule has 2 fully saturated rings. The van der Waals surface area contributed by atoms with Gasteiger partial charge < -0.3 is 31.2 Å². The molecule has 3 heteroatoms. The summed E-state index contributed by atoms with van der Waals surface area (Å²) in [6.45, 7) is 24.5. The maximum atomic E-state index is 2.99. The van der Waals surface area contributed by atoms with Gasteiger partial charge in [0.25, 0.3) is 0 Å². The minimum Gasteiger partial charge on any atom is -1.00 e. The molecule has 0 aromatic carbocycles. The van der Waals surface area contributed by atoms with E-state index in [1.165, 1.54) is 9.38 Å². The van der Waals surface area contributed by atoms with E-state index in [0.717, 1.165) is 6.42 Å². The molecule has 6 aliphatic rings. The molecule has 0 saturated heterocycles. The van der Waals surface area contributed by atoms with Crippen LogP contribution < -0.4 is 24.8 Å². The summed E-state index contributed by atoms with van der Waals surface area (Å²) >= 11 is 2.08. The number of allylic oxidation sites excluding steroid dienone is 16. The maximum absolute atomic E-state index is 2.99. The fourth-order valence-corrected chi connectivity index (χ4v) is 9.58. The molecule has 0 aromatic rings. The summed E-state index contributed by atoms with van der Waals surface area (Å²) in [6.07, 6.45) is 39.3. The van der Waals surface area contributed by atoms with Crippen LogP contribution in [0.25, 0.3) is 0 Å². The average molecular weight is 612 g/mol. The predicted octanol–water partition coefficient (Wildman–Crippen LogP) is 3.71. The zero-order chi connectivity index (χ0) is 28.3. The molecule has 216 valence electrons. The van der Waals surface area contributed by atoms with Crippen LogP contribution in [0.15, 0.2) is 90.6 Å². The molecule has 0 amide bonds. The Bertz CT molecular complexity index is 1230. The summed E-state index contributed by atoms with van der Waals surface area (Å²) in [6, 6.07) is 0. The Kier molecular flexibility index (Phi) is 10.3. The first-order chi connectivity index (χ1) is 17.6. The monoisotopic (exact) mass is 610 g/mol. The van der Waals surface area contributed by atoms with Gasteiger partial charge in [0.15, 0.2) is 0 Å². The zero-order valence-corrected chi connectivity index (χ0v) is 29.3. The van der Waals surface area contributed by atoms with Crippen molar-refractivity contribution < 1.29 is 44.8 Å². The van der Waals surface area contributed by atoms with Gasteiger partial charge in [-0.15, -0.1) is 23.8 Å².